The lowest BCUT2D eigenvalue weighted by atomic mass is 9.97. The fourth-order valence-electron chi connectivity index (χ4n) is 4.16. The van der Waals surface area contributed by atoms with Crippen LogP contribution >= 0.6 is 11.3 Å². The molecule has 36 heavy (non-hydrogen) atoms. The van der Waals surface area contributed by atoms with Gasteiger partial charge < -0.3 is 14.8 Å². The number of nitrogens with zero attached hydrogens (tertiary/aromatic N) is 3. The highest BCUT2D eigenvalue weighted by atomic mass is 32.1. The molecule has 0 radical (unpaired) electrons. The molecule has 0 aliphatic heterocycles. The summed E-state index contributed by atoms with van der Waals surface area (Å²) in [7, 11) is 3.13. The van der Waals surface area contributed by atoms with Gasteiger partial charge in [-0.1, -0.05) is 12.1 Å². The number of aromatic nitrogens is 4. The van der Waals surface area contributed by atoms with E-state index in [1.54, 1.807) is 38.5 Å². The lowest BCUT2D eigenvalue weighted by Gasteiger charge is -2.15. The first-order valence-corrected chi connectivity index (χ1v) is 12.4. The zero-order valence-electron chi connectivity index (χ0n) is 19.9. The molecule has 184 valence electrons. The minimum absolute atomic E-state index is 0.159. The smallest absolute Gasteiger partial charge is 0.255 e. The van der Waals surface area contributed by atoms with Gasteiger partial charge in [0.1, 0.15) is 11.5 Å². The summed E-state index contributed by atoms with van der Waals surface area (Å²) in [6.45, 7) is 0. The van der Waals surface area contributed by atoms with Crippen molar-refractivity contribution < 1.29 is 14.3 Å². The molecule has 2 N–H and O–H groups in total. The molecule has 1 aromatic carbocycles. The Bertz CT molecular complexity index is 1490. The first-order chi connectivity index (χ1) is 17.6. The van der Waals surface area contributed by atoms with E-state index in [9.17, 15) is 9.59 Å². The number of hydrogen-bond donors (Lipinski definition) is 2. The van der Waals surface area contributed by atoms with Crippen molar-refractivity contribution in [3.8, 4) is 28.0 Å². The third-order valence-corrected chi connectivity index (χ3v) is 6.84. The highest BCUT2D eigenvalue weighted by Gasteiger charge is 2.20. The summed E-state index contributed by atoms with van der Waals surface area (Å²) in [5.74, 6) is 1.50. The quantitative estimate of drug-likeness (QED) is 0.365. The van der Waals surface area contributed by atoms with Crippen LogP contribution in [0, 0.1) is 0 Å². The van der Waals surface area contributed by atoms with Crippen molar-refractivity contribution in [1.82, 2.24) is 19.7 Å². The van der Waals surface area contributed by atoms with E-state index in [1.165, 1.54) is 22.1 Å². The van der Waals surface area contributed by atoms with Gasteiger partial charge in [0.2, 0.25) is 11.9 Å². The zero-order valence-corrected chi connectivity index (χ0v) is 20.7. The number of thiophene rings is 1. The van der Waals surface area contributed by atoms with Crippen molar-refractivity contribution in [3.63, 3.8) is 0 Å². The van der Waals surface area contributed by atoms with Crippen LogP contribution in [0.5, 0.6) is 11.5 Å². The van der Waals surface area contributed by atoms with E-state index in [1.807, 2.05) is 23.6 Å². The lowest BCUT2D eigenvalue weighted by Crippen LogP contribution is -2.24. The van der Waals surface area contributed by atoms with E-state index in [-0.39, 0.29) is 17.4 Å². The summed E-state index contributed by atoms with van der Waals surface area (Å²) in [6.07, 6.45) is 6.55. The molecular weight excluding hydrogens is 478 g/mol. The fraction of sp³-hybridized carbons (Fsp3) is 0.231. The van der Waals surface area contributed by atoms with Crippen LogP contribution in [-0.2, 0) is 17.6 Å². The normalized spacial score (nSPS) is 12.9. The average Bonchev–Trinajstić information content (AvgIpc) is 3.58. The molecule has 0 spiro atoms. The molecule has 1 amide bonds. The number of aromatic amines is 1. The highest BCUT2D eigenvalue weighted by Crippen LogP contribution is 2.29. The Hall–Kier alpha value is -4.18. The number of anilines is 1. The van der Waals surface area contributed by atoms with E-state index >= 15 is 0 Å². The Labute approximate surface area is 211 Å². The van der Waals surface area contributed by atoms with E-state index in [2.05, 4.69) is 20.4 Å². The van der Waals surface area contributed by atoms with Gasteiger partial charge in [0.05, 0.1) is 24.8 Å². The van der Waals surface area contributed by atoms with E-state index < -0.39 is 0 Å². The predicted octanol–water partition coefficient (Wildman–Crippen LogP) is 4.23. The summed E-state index contributed by atoms with van der Waals surface area (Å²) in [4.78, 5) is 34.1. The molecule has 1 aliphatic rings. The maximum absolute atomic E-state index is 12.9. The topological polar surface area (TPSA) is 111 Å². The van der Waals surface area contributed by atoms with Crippen LogP contribution in [0.1, 0.15) is 29.7 Å². The molecule has 0 saturated heterocycles. The van der Waals surface area contributed by atoms with Crippen LogP contribution in [-0.4, -0.2) is 39.9 Å². The summed E-state index contributed by atoms with van der Waals surface area (Å²) in [5, 5.41) is 9.48. The number of amides is 1. The molecule has 3 aromatic heterocycles. The molecule has 3 heterocycles. The van der Waals surface area contributed by atoms with Crippen molar-refractivity contribution in [3.05, 3.63) is 75.0 Å². The van der Waals surface area contributed by atoms with Crippen LogP contribution in [0.4, 0.5) is 5.82 Å². The first kappa shape index (κ1) is 23.6. The Morgan fingerprint density at radius 3 is 2.75 bits per heavy atom. The lowest BCUT2D eigenvalue weighted by molar-refractivity contribution is -0.111. The van der Waals surface area contributed by atoms with Crippen LogP contribution in [0.25, 0.3) is 22.6 Å². The van der Waals surface area contributed by atoms with Gasteiger partial charge in [0, 0.05) is 17.7 Å². The number of aryl methyl sites for hydroxylation is 1. The maximum atomic E-state index is 12.9. The van der Waals surface area contributed by atoms with Gasteiger partial charge in [-0.3, -0.25) is 14.6 Å². The molecular formula is C26H25N5O4S. The molecule has 5 rings (SSSR count). The van der Waals surface area contributed by atoms with Gasteiger partial charge in [-0.05, 0) is 60.9 Å². The second-order valence-corrected chi connectivity index (χ2v) is 9.21. The molecule has 0 fully saturated rings. The van der Waals surface area contributed by atoms with Crippen molar-refractivity contribution in [1.29, 1.82) is 0 Å². The largest absolute Gasteiger partial charge is 0.493 e. The van der Waals surface area contributed by atoms with Crippen molar-refractivity contribution in [2.75, 3.05) is 19.5 Å². The Morgan fingerprint density at radius 2 is 1.97 bits per heavy atom. The SMILES string of the molecule is COc1ccc(/C=C\C(=O)Nc2cc(-c3cccs3)nn2-c2nc3c(c(=O)[nH]2)CCCC3)cc1OC. The molecule has 9 nitrogen and oxygen atoms in total. The molecule has 10 heteroatoms. The molecule has 0 atom stereocenters. The molecule has 1 aliphatic carbocycles. The zero-order chi connectivity index (χ0) is 25.1. The first-order valence-electron chi connectivity index (χ1n) is 11.5. The van der Waals surface area contributed by atoms with E-state index in [0.29, 0.717) is 23.0 Å². The number of carbonyl (C=O) groups is 1. The number of carbonyl (C=O) groups excluding carboxylic acids is 1. The van der Waals surface area contributed by atoms with Crippen molar-refractivity contribution >= 4 is 29.1 Å². The summed E-state index contributed by atoms with van der Waals surface area (Å²) in [6, 6.07) is 11.0. The third kappa shape index (κ3) is 4.80. The third-order valence-electron chi connectivity index (χ3n) is 5.95. The highest BCUT2D eigenvalue weighted by molar-refractivity contribution is 7.13. The Morgan fingerprint density at radius 1 is 1.14 bits per heavy atom. The molecule has 0 unspecified atom stereocenters. The number of hydrogen-bond acceptors (Lipinski definition) is 7. The van der Waals surface area contributed by atoms with Gasteiger partial charge >= 0.3 is 0 Å². The summed E-state index contributed by atoms with van der Waals surface area (Å²) >= 11 is 1.54. The minimum Gasteiger partial charge on any atom is -0.493 e. The molecule has 4 aromatic rings. The Balaban J connectivity index is 1.46. The monoisotopic (exact) mass is 503 g/mol. The second-order valence-electron chi connectivity index (χ2n) is 8.26. The second kappa shape index (κ2) is 10.2. The van der Waals surface area contributed by atoms with Gasteiger partial charge in [-0.2, -0.15) is 9.78 Å². The number of fused-ring (bicyclic) bond motifs is 1. The number of methoxy groups -OCH3 is 2. The standard InChI is InChI=1S/C26H25N5O4S/c1-34-20-11-9-16(14-21(20)35-2)10-12-24(32)28-23-15-19(22-8-5-13-36-22)30-31(23)26-27-18-7-4-3-6-17(18)25(33)29-26/h5,8-15H,3-4,6-7H2,1-2H3,(H,28,32)(H,27,29,33)/b12-10-. The summed E-state index contributed by atoms with van der Waals surface area (Å²) in [5.41, 5.74) is 2.81. The van der Waals surface area contributed by atoms with Crippen molar-refractivity contribution in [2.45, 2.75) is 25.7 Å². The van der Waals surface area contributed by atoms with Gasteiger partial charge in [0.15, 0.2) is 11.5 Å². The predicted molar refractivity (Wildman–Crippen MR) is 139 cm³/mol. The van der Waals surface area contributed by atoms with Crippen LogP contribution in [0.3, 0.4) is 0 Å². The van der Waals surface area contributed by atoms with E-state index in [0.717, 1.165) is 47.4 Å². The van der Waals surface area contributed by atoms with Crippen LogP contribution < -0.4 is 20.3 Å². The van der Waals surface area contributed by atoms with Gasteiger partial charge in [-0.15, -0.1) is 11.3 Å². The summed E-state index contributed by atoms with van der Waals surface area (Å²) < 4.78 is 12.1. The molecule has 0 bridgehead atoms. The number of rotatable bonds is 7. The van der Waals surface area contributed by atoms with Gasteiger partial charge in [0.25, 0.3) is 5.56 Å². The number of benzene rings is 1. The molecule has 0 saturated carbocycles. The van der Waals surface area contributed by atoms with Gasteiger partial charge in [-0.25, -0.2) is 4.98 Å². The number of ether oxygens (including phenoxy) is 2. The van der Waals surface area contributed by atoms with Crippen LogP contribution in [0.15, 0.2) is 52.6 Å². The number of H-pyrrole nitrogens is 1. The minimum atomic E-state index is -0.357. The van der Waals surface area contributed by atoms with Crippen LogP contribution in [0.2, 0.25) is 0 Å². The van der Waals surface area contributed by atoms with E-state index in [4.69, 9.17) is 9.47 Å². The fourth-order valence-corrected chi connectivity index (χ4v) is 4.84. The maximum Gasteiger partial charge on any atom is 0.255 e. The number of nitrogens with one attached hydrogen (secondary N) is 2. The van der Waals surface area contributed by atoms with Crippen molar-refractivity contribution in [2.24, 2.45) is 0 Å². The average molecular weight is 504 g/mol. The Kier molecular flexibility index (Phi) is 6.68.